The fourth-order valence-corrected chi connectivity index (χ4v) is 3.93. The van der Waals surface area contributed by atoms with E-state index in [1.807, 2.05) is 24.3 Å². The van der Waals surface area contributed by atoms with E-state index in [0.717, 1.165) is 30.5 Å². The van der Waals surface area contributed by atoms with E-state index in [2.05, 4.69) is 10.0 Å². The van der Waals surface area contributed by atoms with Gasteiger partial charge in [-0.25, -0.2) is 13.1 Å². The van der Waals surface area contributed by atoms with E-state index in [-0.39, 0.29) is 11.8 Å². The average molecular weight is 298 g/mol. The number of hydrogen-bond donors (Lipinski definition) is 2. The lowest BCUT2D eigenvalue weighted by molar-refractivity contribution is 0.184. The Bertz CT molecular complexity index is 525. The summed E-state index contributed by atoms with van der Waals surface area (Å²) in [7, 11) is -1.71. The molecule has 0 unspecified atom stereocenters. The Morgan fingerprint density at radius 1 is 1.35 bits per heavy atom. The summed E-state index contributed by atoms with van der Waals surface area (Å²) in [6.45, 7) is 2.10. The topological polar surface area (TPSA) is 67.4 Å². The molecule has 1 aromatic carbocycles. The van der Waals surface area contributed by atoms with Gasteiger partial charge in [-0.05, 0) is 30.5 Å². The van der Waals surface area contributed by atoms with Crippen LogP contribution in [0.1, 0.15) is 24.0 Å². The number of benzene rings is 1. The maximum Gasteiger partial charge on any atom is 0.216 e. The van der Waals surface area contributed by atoms with Gasteiger partial charge in [-0.15, -0.1) is 0 Å². The van der Waals surface area contributed by atoms with Crippen LogP contribution in [0.4, 0.5) is 0 Å². The molecule has 0 spiro atoms. The highest BCUT2D eigenvalue weighted by Crippen LogP contribution is 2.14. The van der Waals surface area contributed by atoms with Gasteiger partial charge in [0.25, 0.3) is 0 Å². The lowest BCUT2D eigenvalue weighted by Crippen LogP contribution is -2.45. The molecule has 6 heteroatoms. The average Bonchev–Trinajstić information content (AvgIpc) is 2.41. The van der Waals surface area contributed by atoms with Gasteiger partial charge in [-0.1, -0.05) is 24.3 Å². The van der Waals surface area contributed by atoms with Crippen LogP contribution in [0.3, 0.4) is 0 Å². The molecule has 0 aromatic heterocycles. The molecular formula is C14H22N2O3S. The summed E-state index contributed by atoms with van der Waals surface area (Å²) in [6.07, 6.45) is 1.90. The second-order valence-corrected chi connectivity index (χ2v) is 6.88. The van der Waals surface area contributed by atoms with E-state index in [9.17, 15) is 8.42 Å². The Morgan fingerprint density at radius 2 is 2.10 bits per heavy atom. The van der Waals surface area contributed by atoms with Crippen molar-refractivity contribution in [3.63, 3.8) is 0 Å². The molecule has 1 aliphatic heterocycles. The lowest BCUT2D eigenvalue weighted by Gasteiger charge is -2.23. The van der Waals surface area contributed by atoms with E-state index >= 15 is 0 Å². The van der Waals surface area contributed by atoms with Crippen molar-refractivity contribution in [2.45, 2.75) is 31.2 Å². The molecule has 0 aliphatic carbocycles. The van der Waals surface area contributed by atoms with Crippen molar-refractivity contribution in [1.82, 2.24) is 10.0 Å². The smallest absolute Gasteiger partial charge is 0.216 e. The van der Waals surface area contributed by atoms with Crippen LogP contribution >= 0.6 is 0 Å². The Kier molecular flexibility index (Phi) is 5.54. The van der Waals surface area contributed by atoms with Crippen LogP contribution in [-0.2, 0) is 27.1 Å². The van der Waals surface area contributed by atoms with Gasteiger partial charge >= 0.3 is 0 Å². The van der Waals surface area contributed by atoms with Gasteiger partial charge in [0.05, 0.1) is 12.4 Å². The summed E-state index contributed by atoms with van der Waals surface area (Å²) < 4.78 is 32.4. The molecule has 5 nitrogen and oxygen atoms in total. The Balaban J connectivity index is 2.03. The van der Waals surface area contributed by atoms with Crippen molar-refractivity contribution in [2.75, 3.05) is 20.2 Å². The first-order chi connectivity index (χ1) is 9.61. The zero-order valence-electron chi connectivity index (χ0n) is 11.8. The number of rotatable bonds is 6. The maximum atomic E-state index is 12.2. The highest BCUT2D eigenvalue weighted by atomic mass is 32.2. The second kappa shape index (κ2) is 7.17. The standard InChI is InChI=1S/C14H22N2O3S/c1-19-10-12-5-2-3-6-13(12)11-20(17,18)16-14-7-4-8-15-9-14/h2-3,5-6,14-16H,4,7-11H2,1H3/t14-/m1/s1. The Hall–Kier alpha value is -0.950. The maximum absolute atomic E-state index is 12.2. The van der Waals surface area contributed by atoms with E-state index in [0.29, 0.717) is 13.2 Å². The predicted octanol–water partition coefficient (Wildman–Crippen LogP) is 1.00. The van der Waals surface area contributed by atoms with Gasteiger partial charge in [0.1, 0.15) is 0 Å². The number of ether oxygens (including phenoxy) is 1. The van der Waals surface area contributed by atoms with E-state index < -0.39 is 10.0 Å². The number of piperidine rings is 1. The summed E-state index contributed by atoms with van der Waals surface area (Å²) in [6, 6.07) is 7.49. The third-order valence-electron chi connectivity index (χ3n) is 3.41. The molecule has 0 bridgehead atoms. The summed E-state index contributed by atoms with van der Waals surface area (Å²) in [5.41, 5.74) is 1.72. The third-order valence-corrected chi connectivity index (χ3v) is 4.79. The first kappa shape index (κ1) is 15.4. The van der Waals surface area contributed by atoms with E-state index in [4.69, 9.17) is 4.74 Å². The molecular weight excluding hydrogens is 276 g/mol. The fraction of sp³-hybridized carbons (Fsp3) is 0.571. The van der Waals surface area contributed by atoms with Crippen molar-refractivity contribution in [3.05, 3.63) is 35.4 Å². The van der Waals surface area contributed by atoms with Crippen molar-refractivity contribution in [3.8, 4) is 0 Å². The first-order valence-electron chi connectivity index (χ1n) is 6.87. The van der Waals surface area contributed by atoms with Crippen molar-refractivity contribution < 1.29 is 13.2 Å². The van der Waals surface area contributed by atoms with Gasteiger partial charge in [0.2, 0.25) is 10.0 Å². The minimum atomic E-state index is -3.32. The second-order valence-electron chi connectivity index (χ2n) is 5.12. The molecule has 0 amide bonds. The van der Waals surface area contributed by atoms with Crippen LogP contribution < -0.4 is 10.0 Å². The third kappa shape index (κ3) is 4.56. The minimum absolute atomic E-state index is 0.00301. The highest BCUT2D eigenvalue weighted by Gasteiger charge is 2.21. The SMILES string of the molecule is COCc1ccccc1CS(=O)(=O)N[C@@H]1CCCNC1. The van der Waals surface area contributed by atoms with Gasteiger partial charge < -0.3 is 10.1 Å². The lowest BCUT2D eigenvalue weighted by atomic mass is 10.1. The Morgan fingerprint density at radius 3 is 2.75 bits per heavy atom. The van der Waals surface area contributed by atoms with Crippen LogP contribution in [0.25, 0.3) is 0 Å². The molecule has 112 valence electrons. The van der Waals surface area contributed by atoms with E-state index in [1.54, 1.807) is 7.11 Å². The quantitative estimate of drug-likeness (QED) is 0.822. The fourth-order valence-electron chi connectivity index (χ4n) is 2.45. The van der Waals surface area contributed by atoms with Crippen LogP contribution in [-0.4, -0.2) is 34.7 Å². The van der Waals surface area contributed by atoms with Gasteiger partial charge in [0, 0.05) is 19.7 Å². The summed E-state index contributed by atoms with van der Waals surface area (Å²) in [5.74, 6) is 0.00301. The van der Waals surface area contributed by atoms with Crippen molar-refractivity contribution >= 4 is 10.0 Å². The first-order valence-corrected chi connectivity index (χ1v) is 8.52. The number of methoxy groups -OCH3 is 1. The van der Waals surface area contributed by atoms with Crippen molar-refractivity contribution in [2.24, 2.45) is 0 Å². The summed E-state index contributed by atoms with van der Waals surface area (Å²) >= 11 is 0. The Labute approximate surface area is 120 Å². The van der Waals surface area contributed by atoms with E-state index in [1.165, 1.54) is 0 Å². The minimum Gasteiger partial charge on any atom is -0.380 e. The molecule has 2 rings (SSSR count). The largest absolute Gasteiger partial charge is 0.380 e. The molecule has 1 aromatic rings. The molecule has 20 heavy (non-hydrogen) atoms. The molecule has 1 fully saturated rings. The number of sulfonamides is 1. The molecule has 2 N–H and O–H groups in total. The summed E-state index contributed by atoms with van der Waals surface area (Å²) in [5, 5.41) is 3.21. The van der Waals surface area contributed by atoms with Gasteiger partial charge in [0.15, 0.2) is 0 Å². The van der Waals surface area contributed by atoms with Crippen LogP contribution in [0, 0.1) is 0 Å². The van der Waals surface area contributed by atoms with Crippen LogP contribution in [0.5, 0.6) is 0 Å². The highest BCUT2D eigenvalue weighted by molar-refractivity contribution is 7.88. The van der Waals surface area contributed by atoms with Crippen LogP contribution in [0.15, 0.2) is 24.3 Å². The zero-order chi connectivity index (χ0) is 14.4. The normalized spacial score (nSPS) is 19.9. The summed E-state index contributed by atoms with van der Waals surface area (Å²) in [4.78, 5) is 0. The molecule has 1 atom stereocenters. The molecule has 1 heterocycles. The number of hydrogen-bond acceptors (Lipinski definition) is 4. The van der Waals surface area contributed by atoms with Crippen molar-refractivity contribution in [1.29, 1.82) is 0 Å². The predicted molar refractivity (Wildman–Crippen MR) is 78.8 cm³/mol. The molecule has 1 aliphatic rings. The number of nitrogens with one attached hydrogen (secondary N) is 2. The monoisotopic (exact) mass is 298 g/mol. The molecule has 0 radical (unpaired) electrons. The van der Waals surface area contributed by atoms with Crippen LogP contribution in [0.2, 0.25) is 0 Å². The molecule has 1 saturated heterocycles. The zero-order valence-corrected chi connectivity index (χ0v) is 12.6. The van der Waals surface area contributed by atoms with Gasteiger partial charge in [-0.3, -0.25) is 0 Å². The van der Waals surface area contributed by atoms with Gasteiger partial charge in [-0.2, -0.15) is 0 Å². The molecule has 0 saturated carbocycles.